The number of hydrogen-bond donors (Lipinski definition) is 2. The molecule has 5 nitrogen and oxygen atoms in total. The molecule has 0 saturated heterocycles. The summed E-state index contributed by atoms with van der Waals surface area (Å²) in [6, 6.07) is 5.36. The van der Waals surface area contributed by atoms with Crippen LogP contribution in [0, 0.1) is 0 Å². The summed E-state index contributed by atoms with van der Waals surface area (Å²) in [4.78, 5) is 12.0. The lowest BCUT2D eigenvalue weighted by atomic mass is 10.4. The van der Waals surface area contributed by atoms with Gasteiger partial charge in [-0.1, -0.05) is 6.07 Å². The number of aromatic nitrogens is 3. The maximum absolute atomic E-state index is 5.53. The second-order valence-electron chi connectivity index (χ2n) is 2.66. The van der Waals surface area contributed by atoms with Crippen molar-refractivity contribution in [3.05, 3.63) is 36.8 Å². The van der Waals surface area contributed by atoms with Crippen LogP contribution < -0.4 is 11.1 Å². The SMILES string of the molecule is Nc1cccc(Nc2cnccn2)n1. The van der Waals surface area contributed by atoms with Crippen LogP contribution >= 0.6 is 0 Å². The number of nitrogen functional groups attached to an aromatic ring is 1. The Morgan fingerprint density at radius 1 is 1.14 bits per heavy atom. The Hall–Kier alpha value is -2.17. The summed E-state index contributed by atoms with van der Waals surface area (Å²) in [6.07, 6.45) is 4.83. The summed E-state index contributed by atoms with van der Waals surface area (Å²) in [5, 5.41) is 2.98. The lowest BCUT2D eigenvalue weighted by Gasteiger charge is -2.03. The van der Waals surface area contributed by atoms with Crippen molar-refractivity contribution in [1.82, 2.24) is 15.0 Å². The molecule has 0 aliphatic carbocycles. The zero-order valence-electron chi connectivity index (χ0n) is 7.38. The Bertz CT molecular complexity index is 415. The number of nitrogens with two attached hydrogens (primary N) is 1. The van der Waals surface area contributed by atoms with E-state index < -0.39 is 0 Å². The Kier molecular flexibility index (Phi) is 2.22. The van der Waals surface area contributed by atoms with Crippen molar-refractivity contribution in [1.29, 1.82) is 0 Å². The van der Waals surface area contributed by atoms with E-state index in [1.54, 1.807) is 24.7 Å². The van der Waals surface area contributed by atoms with Gasteiger partial charge in [-0.3, -0.25) is 4.98 Å². The van der Waals surface area contributed by atoms with Crippen molar-refractivity contribution in [3.8, 4) is 0 Å². The number of rotatable bonds is 2. The molecule has 0 fully saturated rings. The zero-order chi connectivity index (χ0) is 9.80. The smallest absolute Gasteiger partial charge is 0.150 e. The van der Waals surface area contributed by atoms with Crippen molar-refractivity contribution < 1.29 is 0 Å². The highest BCUT2D eigenvalue weighted by Crippen LogP contribution is 2.10. The Labute approximate surface area is 81.0 Å². The molecular weight excluding hydrogens is 178 g/mol. The molecule has 0 aliphatic rings. The monoisotopic (exact) mass is 187 g/mol. The third kappa shape index (κ3) is 1.95. The molecule has 0 amide bonds. The molecule has 70 valence electrons. The summed E-state index contributed by atoms with van der Waals surface area (Å²) in [5.41, 5.74) is 5.53. The molecule has 0 saturated carbocycles. The summed E-state index contributed by atoms with van der Waals surface area (Å²) < 4.78 is 0. The maximum atomic E-state index is 5.53. The van der Waals surface area contributed by atoms with Gasteiger partial charge in [-0.15, -0.1) is 0 Å². The molecule has 2 heterocycles. The fourth-order valence-electron chi connectivity index (χ4n) is 1.02. The first-order valence-corrected chi connectivity index (χ1v) is 4.10. The van der Waals surface area contributed by atoms with Gasteiger partial charge in [0.25, 0.3) is 0 Å². The summed E-state index contributed by atoms with van der Waals surface area (Å²) in [6.45, 7) is 0. The molecule has 2 aromatic heterocycles. The number of nitrogens with zero attached hydrogens (tertiary/aromatic N) is 3. The highest BCUT2D eigenvalue weighted by molar-refractivity contribution is 5.52. The number of hydrogen-bond acceptors (Lipinski definition) is 5. The van der Waals surface area contributed by atoms with Gasteiger partial charge in [0, 0.05) is 12.4 Å². The van der Waals surface area contributed by atoms with Crippen LogP contribution in [0.1, 0.15) is 0 Å². The first-order valence-electron chi connectivity index (χ1n) is 4.10. The van der Waals surface area contributed by atoms with Crippen LogP contribution in [0.25, 0.3) is 0 Å². The minimum absolute atomic E-state index is 0.471. The zero-order valence-corrected chi connectivity index (χ0v) is 7.38. The normalized spacial score (nSPS) is 9.71. The van der Waals surface area contributed by atoms with Gasteiger partial charge in [-0.2, -0.15) is 0 Å². The first kappa shape index (κ1) is 8.43. The largest absolute Gasteiger partial charge is 0.384 e. The molecule has 2 rings (SSSR count). The van der Waals surface area contributed by atoms with E-state index in [2.05, 4.69) is 20.3 Å². The third-order valence-electron chi connectivity index (χ3n) is 1.59. The van der Waals surface area contributed by atoms with E-state index in [0.29, 0.717) is 17.5 Å². The molecule has 0 atom stereocenters. The van der Waals surface area contributed by atoms with Crippen LogP contribution in [-0.2, 0) is 0 Å². The second-order valence-corrected chi connectivity index (χ2v) is 2.66. The van der Waals surface area contributed by atoms with Crippen LogP contribution in [0.5, 0.6) is 0 Å². The van der Waals surface area contributed by atoms with E-state index in [9.17, 15) is 0 Å². The van der Waals surface area contributed by atoms with Crippen molar-refractivity contribution >= 4 is 17.5 Å². The van der Waals surface area contributed by atoms with E-state index in [-0.39, 0.29) is 0 Å². The van der Waals surface area contributed by atoms with Gasteiger partial charge in [0.2, 0.25) is 0 Å². The average molecular weight is 187 g/mol. The molecule has 3 N–H and O–H groups in total. The van der Waals surface area contributed by atoms with Crippen LogP contribution in [0.4, 0.5) is 17.5 Å². The van der Waals surface area contributed by atoms with Crippen molar-refractivity contribution in [2.45, 2.75) is 0 Å². The lowest BCUT2D eigenvalue weighted by Crippen LogP contribution is -1.98. The summed E-state index contributed by atoms with van der Waals surface area (Å²) >= 11 is 0. The van der Waals surface area contributed by atoms with E-state index in [0.717, 1.165) is 0 Å². The Morgan fingerprint density at radius 2 is 2.07 bits per heavy atom. The molecule has 0 radical (unpaired) electrons. The standard InChI is InChI=1S/C9H9N5/c10-7-2-1-3-8(13-7)14-9-6-11-4-5-12-9/h1-6H,(H3,10,12,13,14). The van der Waals surface area contributed by atoms with E-state index in [4.69, 9.17) is 5.73 Å². The molecule has 0 aliphatic heterocycles. The first-order chi connectivity index (χ1) is 6.84. The number of anilines is 3. The molecule has 0 aromatic carbocycles. The average Bonchev–Trinajstić information content (AvgIpc) is 2.19. The summed E-state index contributed by atoms with van der Waals surface area (Å²) in [5.74, 6) is 1.77. The molecular formula is C9H9N5. The van der Waals surface area contributed by atoms with E-state index in [1.807, 2.05) is 12.1 Å². The van der Waals surface area contributed by atoms with E-state index in [1.165, 1.54) is 0 Å². The van der Waals surface area contributed by atoms with Crippen LogP contribution in [-0.4, -0.2) is 15.0 Å². The number of pyridine rings is 1. The highest BCUT2D eigenvalue weighted by Gasteiger charge is 1.96. The van der Waals surface area contributed by atoms with Gasteiger partial charge in [-0.25, -0.2) is 9.97 Å². The predicted molar refractivity (Wildman–Crippen MR) is 54.0 cm³/mol. The topological polar surface area (TPSA) is 76.7 Å². The van der Waals surface area contributed by atoms with Gasteiger partial charge < -0.3 is 11.1 Å². The van der Waals surface area contributed by atoms with Gasteiger partial charge in [-0.05, 0) is 12.1 Å². The molecule has 5 heteroatoms. The second kappa shape index (κ2) is 3.69. The van der Waals surface area contributed by atoms with Crippen molar-refractivity contribution in [3.63, 3.8) is 0 Å². The molecule has 0 spiro atoms. The fraction of sp³-hybridized carbons (Fsp3) is 0. The van der Waals surface area contributed by atoms with Crippen molar-refractivity contribution in [2.24, 2.45) is 0 Å². The van der Waals surface area contributed by atoms with Gasteiger partial charge in [0.1, 0.15) is 17.5 Å². The van der Waals surface area contributed by atoms with Crippen LogP contribution in [0.3, 0.4) is 0 Å². The fourth-order valence-corrected chi connectivity index (χ4v) is 1.02. The predicted octanol–water partition coefficient (Wildman–Crippen LogP) is 1.20. The molecule has 0 bridgehead atoms. The van der Waals surface area contributed by atoms with Gasteiger partial charge >= 0.3 is 0 Å². The van der Waals surface area contributed by atoms with Gasteiger partial charge in [0.15, 0.2) is 0 Å². The number of nitrogens with one attached hydrogen (secondary N) is 1. The van der Waals surface area contributed by atoms with Gasteiger partial charge in [0.05, 0.1) is 6.20 Å². The van der Waals surface area contributed by atoms with Crippen LogP contribution in [0.15, 0.2) is 36.8 Å². The van der Waals surface area contributed by atoms with E-state index >= 15 is 0 Å². The minimum atomic E-state index is 0.471. The molecule has 0 unspecified atom stereocenters. The molecule has 14 heavy (non-hydrogen) atoms. The maximum Gasteiger partial charge on any atom is 0.150 e. The lowest BCUT2D eigenvalue weighted by molar-refractivity contribution is 1.18. The minimum Gasteiger partial charge on any atom is -0.384 e. The Morgan fingerprint density at radius 3 is 2.79 bits per heavy atom. The quantitative estimate of drug-likeness (QED) is 0.738. The highest BCUT2D eigenvalue weighted by atomic mass is 15.1. The summed E-state index contributed by atoms with van der Waals surface area (Å²) in [7, 11) is 0. The molecule has 2 aromatic rings. The van der Waals surface area contributed by atoms with Crippen LogP contribution in [0.2, 0.25) is 0 Å². The van der Waals surface area contributed by atoms with Crippen molar-refractivity contribution in [2.75, 3.05) is 11.1 Å². The third-order valence-corrected chi connectivity index (χ3v) is 1.59. The Balaban J connectivity index is 2.19.